The number of alkyl halides is 3. The van der Waals surface area contributed by atoms with E-state index in [0.717, 1.165) is 12.1 Å². The van der Waals surface area contributed by atoms with Gasteiger partial charge in [0.1, 0.15) is 5.82 Å². The van der Waals surface area contributed by atoms with Crippen LogP contribution in [-0.4, -0.2) is 35.5 Å². The van der Waals surface area contributed by atoms with Crippen LogP contribution in [0.3, 0.4) is 0 Å². The van der Waals surface area contributed by atoms with E-state index in [2.05, 4.69) is 15.5 Å². The monoisotopic (exact) mass is 383 g/mol. The minimum atomic E-state index is -4.45. The number of benzene rings is 1. The van der Waals surface area contributed by atoms with Crippen molar-refractivity contribution in [3.63, 3.8) is 0 Å². The van der Waals surface area contributed by atoms with Gasteiger partial charge in [-0.3, -0.25) is 5.43 Å². The van der Waals surface area contributed by atoms with Crippen LogP contribution in [0.2, 0.25) is 0 Å². The number of carbonyl (C=O) groups is 1. The minimum absolute atomic E-state index is 0.140. The smallest absolute Gasteiger partial charge is 0.417 e. The molecule has 0 bridgehead atoms. The molecule has 0 aliphatic carbocycles. The van der Waals surface area contributed by atoms with E-state index in [1.54, 1.807) is 12.1 Å². The molecule has 1 atom stereocenters. The molecule has 7 nitrogen and oxygen atoms in total. The van der Waals surface area contributed by atoms with E-state index in [1.165, 1.54) is 26.3 Å². The first-order valence-electron chi connectivity index (χ1n) is 7.60. The number of ether oxygens (including phenoxy) is 2. The number of hydrazone groups is 1. The Morgan fingerprint density at radius 3 is 2.59 bits per heavy atom. The number of carboxylic acids is 1. The standard InChI is InChI=1S/C17H16F3N3O4/c1-10(16(24)25)27-13-5-3-11(7-14(13)26-2)8-22-23-15-6-4-12(9-21-15)17(18,19)20/h3-10H,1-2H3,(H,21,23)(H,24,25)/b22-8+/t10-/m1/s1. The normalized spacial score (nSPS) is 12.6. The van der Waals surface area contributed by atoms with Gasteiger partial charge in [-0.15, -0.1) is 0 Å². The summed E-state index contributed by atoms with van der Waals surface area (Å²) in [6.07, 6.45) is -3.40. The third-order valence-corrected chi connectivity index (χ3v) is 3.32. The molecule has 1 aromatic heterocycles. The summed E-state index contributed by atoms with van der Waals surface area (Å²) in [7, 11) is 1.40. The first-order chi connectivity index (χ1) is 12.7. The van der Waals surface area contributed by atoms with E-state index in [1.807, 2.05) is 0 Å². The van der Waals surface area contributed by atoms with E-state index >= 15 is 0 Å². The van der Waals surface area contributed by atoms with Gasteiger partial charge in [0.05, 0.1) is 18.9 Å². The van der Waals surface area contributed by atoms with Crippen LogP contribution in [0.15, 0.2) is 41.6 Å². The maximum atomic E-state index is 12.5. The van der Waals surface area contributed by atoms with Gasteiger partial charge in [-0.2, -0.15) is 18.3 Å². The summed E-state index contributed by atoms with van der Waals surface area (Å²) in [5.41, 5.74) is 2.24. The summed E-state index contributed by atoms with van der Waals surface area (Å²) in [6.45, 7) is 1.39. The second kappa shape index (κ2) is 8.39. The molecule has 27 heavy (non-hydrogen) atoms. The zero-order chi connectivity index (χ0) is 20.0. The second-order valence-corrected chi connectivity index (χ2v) is 5.31. The first kappa shape index (κ1) is 20.0. The summed E-state index contributed by atoms with van der Waals surface area (Å²) >= 11 is 0. The fourth-order valence-electron chi connectivity index (χ4n) is 1.90. The number of aliphatic carboxylic acids is 1. The number of hydrogen-bond donors (Lipinski definition) is 2. The van der Waals surface area contributed by atoms with Crippen molar-refractivity contribution in [2.24, 2.45) is 5.10 Å². The molecule has 2 rings (SSSR count). The lowest BCUT2D eigenvalue weighted by molar-refractivity contribution is -0.144. The number of rotatable bonds is 7. The van der Waals surface area contributed by atoms with Crippen LogP contribution in [0.5, 0.6) is 11.5 Å². The molecule has 0 aliphatic heterocycles. The van der Waals surface area contributed by atoms with Crippen LogP contribution < -0.4 is 14.9 Å². The van der Waals surface area contributed by atoms with Gasteiger partial charge in [-0.1, -0.05) is 0 Å². The molecule has 0 saturated heterocycles. The molecular formula is C17H16F3N3O4. The van der Waals surface area contributed by atoms with Crippen molar-refractivity contribution in [3.05, 3.63) is 47.7 Å². The number of nitrogens with zero attached hydrogens (tertiary/aromatic N) is 2. The summed E-state index contributed by atoms with van der Waals surface area (Å²) < 4.78 is 47.9. The fourth-order valence-corrected chi connectivity index (χ4v) is 1.90. The van der Waals surface area contributed by atoms with Crippen LogP contribution in [0.25, 0.3) is 0 Å². The number of hydrogen-bond acceptors (Lipinski definition) is 6. The molecule has 0 unspecified atom stereocenters. The molecule has 0 saturated carbocycles. The van der Waals surface area contributed by atoms with Gasteiger partial charge in [0.25, 0.3) is 0 Å². The molecule has 0 spiro atoms. The Morgan fingerprint density at radius 2 is 2.04 bits per heavy atom. The van der Waals surface area contributed by atoms with Crippen LogP contribution in [0, 0.1) is 0 Å². The average Bonchev–Trinajstić information content (AvgIpc) is 2.62. The first-order valence-corrected chi connectivity index (χ1v) is 7.60. The van der Waals surface area contributed by atoms with Gasteiger partial charge in [0.15, 0.2) is 17.6 Å². The van der Waals surface area contributed by atoms with Gasteiger partial charge in [-0.25, -0.2) is 9.78 Å². The summed E-state index contributed by atoms with van der Waals surface area (Å²) in [6, 6.07) is 6.75. The highest BCUT2D eigenvalue weighted by Gasteiger charge is 2.30. The van der Waals surface area contributed by atoms with Crippen molar-refractivity contribution in [2.75, 3.05) is 12.5 Å². The van der Waals surface area contributed by atoms with Crippen LogP contribution in [0.4, 0.5) is 19.0 Å². The third kappa shape index (κ3) is 5.59. The molecule has 2 aromatic rings. The zero-order valence-electron chi connectivity index (χ0n) is 14.3. The number of anilines is 1. The van der Waals surface area contributed by atoms with Crippen molar-refractivity contribution >= 4 is 18.0 Å². The Bertz CT molecular complexity index is 823. The van der Waals surface area contributed by atoms with Crippen molar-refractivity contribution in [2.45, 2.75) is 19.2 Å². The highest BCUT2D eigenvalue weighted by molar-refractivity contribution is 5.81. The lowest BCUT2D eigenvalue weighted by Crippen LogP contribution is -2.23. The molecule has 0 radical (unpaired) electrons. The Hall–Kier alpha value is -3.30. The molecule has 1 heterocycles. The highest BCUT2D eigenvalue weighted by atomic mass is 19.4. The van der Waals surface area contributed by atoms with Gasteiger partial charge >= 0.3 is 12.1 Å². The quantitative estimate of drug-likeness (QED) is 0.562. The maximum absolute atomic E-state index is 12.5. The second-order valence-electron chi connectivity index (χ2n) is 5.31. The number of methoxy groups -OCH3 is 1. The Morgan fingerprint density at radius 1 is 1.30 bits per heavy atom. The van der Waals surface area contributed by atoms with Crippen LogP contribution >= 0.6 is 0 Å². The van der Waals surface area contributed by atoms with Gasteiger partial charge in [0, 0.05) is 6.20 Å². The van der Waals surface area contributed by atoms with Crippen molar-refractivity contribution < 1.29 is 32.5 Å². The Balaban J connectivity index is 2.05. The summed E-state index contributed by atoms with van der Waals surface area (Å²) in [5.74, 6) is -0.418. The van der Waals surface area contributed by atoms with Gasteiger partial charge in [0.2, 0.25) is 0 Å². The van der Waals surface area contributed by atoms with E-state index in [9.17, 15) is 18.0 Å². The predicted molar refractivity (Wildman–Crippen MR) is 91.2 cm³/mol. The van der Waals surface area contributed by atoms with Gasteiger partial charge < -0.3 is 14.6 Å². The molecule has 1 aromatic carbocycles. The van der Waals surface area contributed by atoms with Crippen LogP contribution in [0.1, 0.15) is 18.1 Å². The van der Waals surface area contributed by atoms with E-state index in [4.69, 9.17) is 14.6 Å². The number of halogens is 3. The van der Waals surface area contributed by atoms with Gasteiger partial charge in [-0.05, 0) is 42.8 Å². The fraction of sp³-hybridized carbons (Fsp3) is 0.235. The largest absolute Gasteiger partial charge is 0.493 e. The van der Waals surface area contributed by atoms with E-state index in [-0.39, 0.29) is 11.6 Å². The van der Waals surface area contributed by atoms with Crippen molar-refractivity contribution in [1.29, 1.82) is 0 Å². The zero-order valence-corrected chi connectivity index (χ0v) is 14.3. The highest BCUT2D eigenvalue weighted by Crippen LogP contribution is 2.29. The Labute approximate surface area is 152 Å². The molecule has 144 valence electrons. The molecule has 0 fully saturated rings. The summed E-state index contributed by atoms with van der Waals surface area (Å²) in [4.78, 5) is 14.5. The molecule has 0 amide bonds. The molecule has 0 aliphatic rings. The average molecular weight is 383 g/mol. The number of nitrogens with one attached hydrogen (secondary N) is 1. The Kier molecular flexibility index (Phi) is 6.22. The lowest BCUT2D eigenvalue weighted by Gasteiger charge is -2.14. The molecule has 10 heteroatoms. The number of aromatic nitrogens is 1. The minimum Gasteiger partial charge on any atom is -0.493 e. The maximum Gasteiger partial charge on any atom is 0.417 e. The van der Waals surface area contributed by atoms with Crippen LogP contribution in [-0.2, 0) is 11.0 Å². The third-order valence-electron chi connectivity index (χ3n) is 3.32. The van der Waals surface area contributed by atoms with Crippen molar-refractivity contribution in [1.82, 2.24) is 4.98 Å². The summed E-state index contributed by atoms with van der Waals surface area (Å²) in [5, 5.41) is 12.8. The predicted octanol–water partition coefficient (Wildman–Crippen LogP) is 3.41. The molecular weight excluding hydrogens is 367 g/mol. The van der Waals surface area contributed by atoms with E-state index < -0.39 is 23.8 Å². The number of pyridine rings is 1. The van der Waals surface area contributed by atoms with E-state index in [0.29, 0.717) is 17.5 Å². The van der Waals surface area contributed by atoms with Crippen molar-refractivity contribution in [3.8, 4) is 11.5 Å². The topological polar surface area (TPSA) is 93.0 Å². The molecule has 2 N–H and O–H groups in total. The number of carboxylic acid groups (broad SMARTS) is 1. The lowest BCUT2D eigenvalue weighted by atomic mass is 10.2. The SMILES string of the molecule is COc1cc(/C=N/Nc2ccc(C(F)(F)F)cn2)ccc1O[C@H](C)C(=O)O.